The predicted molar refractivity (Wildman–Crippen MR) is 97.0 cm³/mol. The summed E-state index contributed by atoms with van der Waals surface area (Å²) in [6.07, 6.45) is 8.51. The number of allylic oxidation sites excluding steroid dienone is 3. The Balaban J connectivity index is 2.02. The highest BCUT2D eigenvalue weighted by Gasteiger charge is 2.71. The maximum Gasteiger partial charge on any atom is 0.179 e. The van der Waals surface area contributed by atoms with Gasteiger partial charge in [-0.3, -0.25) is 0 Å². The van der Waals surface area contributed by atoms with Crippen LogP contribution in [-0.2, 0) is 4.94 Å². The first-order valence-electron chi connectivity index (χ1n) is 9.94. The molecule has 1 aliphatic heterocycles. The van der Waals surface area contributed by atoms with Gasteiger partial charge in [0, 0.05) is 22.5 Å². The second-order valence-corrected chi connectivity index (χ2v) is 9.73. The zero-order valence-electron chi connectivity index (χ0n) is 16.9. The van der Waals surface area contributed by atoms with Gasteiger partial charge in [0.2, 0.25) is 0 Å². The van der Waals surface area contributed by atoms with E-state index in [1.165, 1.54) is 0 Å². The van der Waals surface area contributed by atoms with Crippen molar-refractivity contribution in [2.45, 2.75) is 96.7 Å². The van der Waals surface area contributed by atoms with Crippen molar-refractivity contribution in [2.24, 2.45) is 5.92 Å². The van der Waals surface area contributed by atoms with Gasteiger partial charge in [-0.15, -0.1) is 0 Å². The minimum absolute atomic E-state index is 0.370. The second kappa shape index (κ2) is 6.40. The summed E-state index contributed by atoms with van der Waals surface area (Å²) in [6, 6.07) is 0. The van der Waals surface area contributed by atoms with Crippen LogP contribution in [0, 0.1) is 5.92 Å². The van der Waals surface area contributed by atoms with Gasteiger partial charge in [-0.2, -0.15) is 10.4 Å². The Morgan fingerprint density at radius 2 is 1.42 bits per heavy atom. The van der Waals surface area contributed by atoms with E-state index in [-0.39, 0.29) is 6.10 Å². The van der Waals surface area contributed by atoms with E-state index in [0.29, 0.717) is 31.6 Å². The molecule has 0 spiro atoms. The molecule has 6 heteroatoms. The van der Waals surface area contributed by atoms with Gasteiger partial charge >= 0.3 is 0 Å². The summed E-state index contributed by atoms with van der Waals surface area (Å²) in [6.45, 7) is 10.2. The number of hydrogen-bond donors (Lipinski definition) is 3. The lowest BCUT2D eigenvalue weighted by atomic mass is 9.82. The van der Waals surface area contributed by atoms with Gasteiger partial charge in [0.05, 0.1) is 17.5 Å². The molecule has 3 aliphatic rings. The van der Waals surface area contributed by atoms with E-state index in [1.54, 1.807) is 0 Å². The molecule has 2 aliphatic carbocycles. The van der Waals surface area contributed by atoms with Crippen molar-refractivity contribution in [1.82, 2.24) is 0 Å². The molecule has 4 atom stereocenters. The SMILES string of the molecule is CC1CC=C([N+]2(O)O[N+](O)(C3=CCC(O)CC3)C(C)(C)CC2(C)C)CC1. The van der Waals surface area contributed by atoms with Crippen LogP contribution in [0.1, 0.15) is 79.6 Å². The summed E-state index contributed by atoms with van der Waals surface area (Å²) in [5, 5.41) is 33.1. The molecule has 0 radical (unpaired) electrons. The number of rotatable bonds is 2. The van der Waals surface area contributed by atoms with Crippen molar-refractivity contribution < 1.29 is 30.1 Å². The highest BCUT2D eigenvalue weighted by Crippen LogP contribution is 2.51. The lowest BCUT2D eigenvalue weighted by Gasteiger charge is -2.53. The van der Waals surface area contributed by atoms with Gasteiger partial charge in [-0.25, -0.2) is 0 Å². The normalized spacial score (nSPS) is 42.8. The zero-order chi connectivity index (χ0) is 19.4. The molecule has 148 valence electrons. The lowest BCUT2D eigenvalue weighted by Crippen LogP contribution is -2.76. The minimum Gasteiger partial charge on any atom is -0.393 e. The summed E-state index contributed by atoms with van der Waals surface area (Å²) in [7, 11) is 0. The number of aliphatic hydroxyl groups is 1. The molecule has 0 bridgehead atoms. The van der Waals surface area contributed by atoms with Crippen LogP contribution >= 0.6 is 0 Å². The van der Waals surface area contributed by atoms with Crippen molar-refractivity contribution in [3.8, 4) is 0 Å². The first-order valence-corrected chi connectivity index (χ1v) is 9.94. The van der Waals surface area contributed by atoms with Crippen LogP contribution < -0.4 is 0 Å². The Labute approximate surface area is 157 Å². The largest absolute Gasteiger partial charge is 0.393 e. The number of aliphatic hydroxyl groups excluding tert-OH is 1. The first kappa shape index (κ1) is 20.0. The van der Waals surface area contributed by atoms with E-state index in [9.17, 15) is 15.5 Å². The fourth-order valence-corrected chi connectivity index (χ4v) is 4.86. The van der Waals surface area contributed by atoms with Crippen LogP contribution in [0.15, 0.2) is 23.5 Å². The van der Waals surface area contributed by atoms with Gasteiger partial charge in [0.15, 0.2) is 22.5 Å². The van der Waals surface area contributed by atoms with E-state index < -0.39 is 20.7 Å². The molecule has 6 nitrogen and oxygen atoms in total. The number of nitrogens with zero attached hydrogens (tertiary/aromatic N) is 2. The maximum atomic E-state index is 11.7. The van der Waals surface area contributed by atoms with Crippen LogP contribution in [-0.4, -0.2) is 42.3 Å². The topological polar surface area (TPSA) is 69.9 Å². The quantitative estimate of drug-likeness (QED) is 0.634. The van der Waals surface area contributed by atoms with Crippen molar-refractivity contribution in [3.05, 3.63) is 23.5 Å². The Hall–Kier alpha value is -0.760. The lowest BCUT2D eigenvalue weighted by molar-refractivity contribution is -1.48. The fraction of sp³-hybridized carbons (Fsp3) is 0.800. The first-order chi connectivity index (χ1) is 11.9. The molecule has 0 aromatic carbocycles. The highest BCUT2D eigenvalue weighted by molar-refractivity contribution is 5.03. The number of hydroxylamine groups is 8. The van der Waals surface area contributed by atoms with Crippen LogP contribution in [0.2, 0.25) is 0 Å². The standard InChI is InChI=1S/C20H36N2O4/c1-15-6-8-16(9-7-15)21(24)19(2,3)14-20(4,5)22(25,26-21)17-10-12-18(23)13-11-17/h8,10,15,18,23-25H,6-7,9,11-14H2,1-5H3/q+2. The summed E-state index contributed by atoms with van der Waals surface area (Å²) < 4.78 is 0. The number of hydrogen-bond acceptors (Lipinski definition) is 4. The maximum absolute atomic E-state index is 11.7. The molecule has 0 amide bonds. The van der Waals surface area contributed by atoms with Gasteiger partial charge in [0.25, 0.3) is 0 Å². The predicted octanol–water partition coefficient (Wildman–Crippen LogP) is 4.34. The van der Waals surface area contributed by atoms with Gasteiger partial charge in [0.1, 0.15) is 0 Å². The third-order valence-electron chi connectivity index (χ3n) is 6.53. The molecule has 1 saturated heterocycles. The van der Waals surface area contributed by atoms with Crippen molar-refractivity contribution in [3.63, 3.8) is 0 Å². The Morgan fingerprint density at radius 1 is 0.923 bits per heavy atom. The highest BCUT2D eigenvalue weighted by atomic mass is 17.1. The molecular weight excluding hydrogens is 332 g/mol. The van der Waals surface area contributed by atoms with E-state index in [0.717, 1.165) is 30.7 Å². The van der Waals surface area contributed by atoms with E-state index >= 15 is 0 Å². The van der Waals surface area contributed by atoms with E-state index in [4.69, 9.17) is 4.94 Å². The van der Waals surface area contributed by atoms with Crippen LogP contribution in [0.4, 0.5) is 0 Å². The molecule has 3 N–H and O–H groups in total. The van der Waals surface area contributed by atoms with Crippen LogP contribution in [0.3, 0.4) is 0 Å². The number of quaternary nitrogens is 2. The van der Waals surface area contributed by atoms with Gasteiger partial charge in [-0.05, 0) is 71.4 Å². The molecule has 3 rings (SSSR count). The van der Waals surface area contributed by atoms with Crippen LogP contribution in [0.25, 0.3) is 0 Å². The Morgan fingerprint density at radius 3 is 1.85 bits per heavy atom. The molecule has 1 heterocycles. The summed E-state index contributed by atoms with van der Waals surface area (Å²) >= 11 is 0. The summed E-state index contributed by atoms with van der Waals surface area (Å²) in [5.41, 5.74) is 0.341. The van der Waals surface area contributed by atoms with Crippen molar-refractivity contribution >= 4 is 0 Å². The third-order valence-corrected chi connectivity index (χ3v) is 6.53. The molecule has 0 saturated carbocycles. The Bertz CT molecular complexity index is 575. The van der Waals surface area contributed by atoms with Gasteiger partial charge < -0.3 is 5.11 Å². The third kappa shape index (κ3) is 3.07. The molecule has 4 unspecified atom stereocenters. The minimum atomic E-state index is -0.730. The zero-order valence-corrected chi connectivity index (χ0v) is 16.9. The molecule has 0 aromatic heterocycles. The smallest absolute Gasteiger partial charge is 0.179 e. The van der Waals surface area contributed by atoms with E-state index in [2.05, 4.69) is 13.0 Å². The average molecular weight is 369 g/mol. The molecule has 26 heavy (non-hydrogen) atoms. The van der Waals surface area contributed by atoms with Crippen molar-refractivity contribution in [2.75, 3.05) is 0 Å². The van der Waals surface area contributed by atoms with Crippen molar-refractivity contribution in [1.29, 1.82) is 0 Å². The van der Waals surface area contributed by atoms with Crippen LogP contribution in [0.5, 0.6) is 0 Å². The average Bonchev–Trinajstić information content (AvgIpc) is 2.53. The second-order valence-electron chi connectivity index (χ2n) is 9.73. The fourth-order valence-electron chi connectivity index (χ4n) is 4.86. The van der Waals surface area contributed by atoms with E-state index in [1.807, 2.05) is 33.8 Å². The summed E-state index contributed by atoms with van der Waals surface area (Å²) in [5.74, 6) is 0.602. The van der Waals surface area contributed by atoms with Gasteiger partial charge in [-0.1, -0.05) is 6.92 Å². The summed E-state index contributed by atoms with van der Waals surface area (Å²) in [4.78, 5) is 4.80. The molecular formula is C20H36N2O4+2. The monoisotopic (exact) mass is 368 g/mol. The Kier molecular flexibility index (Phi) is 4.92. The molecule has 1 fully saturated rings. The molecule has 0 aromatic rings.